The van der Waals surface area contributed by atoms with E-state index in [1.807, 2.05) is 0 Å². The second-order valence-electron chi connectivity index (χ2n) is 26.3. The number of nitrogens with one attached hydrogen (secondary N) is 1. The van der Waals surface area contributed by atoms with E-state index in [0.717, 1.165) is 44.9 Å². The minimum Gasteiger partial charge on any atom is -0.466 e. The molecular formula is C77H149NO5. The molecule has 0 radical (unpaired) electrons. The highest BCUT2D eigenvalue weighted by Gasteiger charge is 2.20. The molecule has 0 spiro atoms. The van der Waals surface area contributed by atoms with E-state index in [-0.39, 0.29) is 18.5 Å². The van der Waals surface area contributed by atoms with Crippen molar-refractivity contribution in [2.24, 2.45) is 0 Å². The van der Waals surface area contributed by atoms with Gasteiger partial charge >= 0.3 is 5.97 Å². The molecule has 0 aliphatic carbocycles. The molecule has 0 bridgehead atoms. The Bertz CT molecular complexity index is 1300. The summed E-state index contributed by atoms with van der Waals surface area (Å²) < 4.78 is 5.49. The third-order valence-corrected chi connectivity index (χ3v) is 18.0. The van der Waals surface area contributed by atoms with E-state index < -0.39 is 12.1 Å². The standard InChI is InChI=1S/C77H149NO5/c1-3-5-7-9-11-13-15-17-18-42-46-49-53-57-61-65-69-75(80)74(73-79)78-76(81)70-66-62-58-54-50-47-43-40-38-36-34-32-30-28-26-24-22-20-19-21-23-25-27-29-31-33-35-37-39-41-44-48-52-56-60-64-68-72-83-77(82)71-67-63-59-55-51-45-16-14-12-10-8-6-4-2/h14,16,19,21,74-75,79-80H,3-13,15,17-18,20,22-73H2,1-2H3,(H,78,81)/b16-14-,21-19-. The second-order valence-corrected chi connectivity index (χ2v) is 26.3. The van der Waals surface area contributed by atoms with Gasteiger partial charge in [0.15, 0.2) is 0 Å². The molecule has 1 amide bonds. The van der Waals surface area contributed by atoms with Crippen molar-refractivity contribution in [3.63, 3.8) is 0 Å². The van der Waals surface area contributed by atoms with E-state index in [1.54, 1.807) is 0 Å². The van der Waals surface area contributed by atoms with Gasteiger partial charge in [-0.1, -0.05) is 366 Å². The fraction of sp³-hybridized carbons (Fsp3) is 0.922. The molecule has 0 saturated heterocycles. The molecule has 6 heteroatoms. The molecule has 0 fully saturated rings. The number of ether oxygens (including phenoxy) is 1. The first-order valence-electron chi connectivity index (χ1n) is 38.1. The van der Waals surface area contributed by atoms with E-state index >= 15 is 0 Å². The van der Waals surface area contributed by atoms with Crippen molar-refractivity contribution in [2.75, 3.05) is 13.2 Å². The van der Waals surface area contributed by atoms with E-state index in [1.165, 1.54) is 353 Å². The summed E-state index contributed by atoms with van der Waals surface area (Å²) in [7, 11) is 0. The van der Waals surface area contributed by atoms with Gasteiger partial charge in [-0.3, -0.25) is 9.59 Å². The van der Waals surface area contributed by atoms with Crippen molar-refractivity contribution >= 4 is 11.9 Å². The molecule has 83 heavy (non-hydrogen) atoms. The summed E-state index contributed by atoms with van der Waals surface area (Å²) >= 11 is 0. The smallest absolute Gasteiger partial charge is 0.305 e. The highest BCUT2D eigenvalue weighted by atomic mass is 16.5. The van der Waals surface area contributed by atoms with Crippen LogP contribution in [0.2, 0.25) is 0 Å². The van der Waals surface area contributed by atoms with Crippen molar-refractivity contribution in [3.8, 4) is 0 Å². The fourth-order valence-electron chi connectivity index (χ4n) is 12.2. The lowest BCUT2D eigenvalue weighted by molar-refractivity contribution is -0.143. The molecule has 0 heterocycles. The van der Waals surface area contributed by atoms with Crippen molar-refractivity contribution in [1.29, 1.82) is 0 Å². The molecular weight excluding hydrogens is 1020 g/mol. The number of unbranched alkanes of at least 4 members (excludes halogenated alkanes) is 57. The summed E-state index contributed by atoms with van der Waals surface area (Å²) in [5, 5.41) is 23.4. The van der Waals surface area contributed by atoms with Crippen LogP contribution in [0.1, 0.15) is 431 Å². The molecule has 0 aromatic rings. The van der Waals surface area contributed by atoms with Gasteiger partial charge in [-0.15, -0.1) is 0 Å². The van der Waals surface area contributed by atoms with Gasteiger partial charge in [0.05, 0.1) is 25.4 Å². The van der Waals surface area contributed by atoms with Crippen LogP contribution < -0.4 is 5.32 Å². The number of aliphatic hydroxyl groups excluding tert-OH is 2. The van der Waals surface area contributed by atoms with Crippen LogP contribution in [-0.2, 0) is 14.3 Å². The zero-order valence-corrected chi connectivity index (χ0v) is 56.5. The molecule has 2 atom stereocenters. The van der Waals surface area contributed by atoms with Gasteiger partial charge in [0.1, 0.15) is 0 Å². The minimum atomic E-state index is -0.661. The van der Waals surface area contributed by atoms with Gasteiger partial charge in [-0.05, 0) is 77.0 Å². The first-order chi connectivity index (χ1) is 41.0. The zero-order chi connectivity index (χ0) is 59.9. The van der Waals surface area contributed by atoms with E-state index in [2.05, 4.69) is 43.5 Å². The lowest BCUT2D eigenvalue weighted by atomic mass is 10.0. The fourth-order valence-corrected chi connectivity index (χ4v) is 12.2. The number of carbonyl (C=O) groups excluding carboxylic acids is 2. The lowest BCUT2D eigenvalue weighted by Gasteiger charge is -2.22. The summed E-state index contributed by atoms with van der Waals surface area (Å²) in [6.07, 6.45) is 92.6. The van der Waals surface area contributed by atoms with Crippen LogP contribution in [0.4, 0.5) is 0 Å². The Balaban J connectivity index is 3.32. The van der Waals surface area contributed by atoms with Gasteiger partial charge in [0, 0.05) is 12.8 Å². The topological polar surface area (TPSA) is 95.9 Å². The Kier molecular flexibility index (Phi) is 71.4. The van der Waals surface area contributed by atoms with Crippen LogP contribution in [0.15, 0.2) is 24.3 Å². The van der Waals surface area contributed by atoms with E-state index in [9.17, 15) is 19.8 Å². The summed E-state index contributed by atoms with van der Waals surface area (Å²) in [5.74, 6) is -0.0144. The van der Waals surface area contributed by atoms with Crippen LogP contribution in [0.3, 0.4) is 0 Å². The van der Waals surface area contributed by atoms with Crippen LogP contribution in [0.25, 0.3) is 0 Å². The largest absolute Gasteiger partial charge is 0.466 e. The van der Waals surface area contributed by atoms with Crippen LogP contribution >= 0.6 is 0 Å². The van der Waals surface area contributed by atoms with Crippen LogP contribution in [0, 0.1) is 0 Å². The summed E-state index contributed by atoms with van der Waals surface area (Å²) in [6.45, 7) is 4.98. The van der Waals surface area contributed by atoms with E-state index in [4.69, 9.17) is 4.74 Å². The summed E-state index contributed by atoms with van der Waals surface area (Å²) in [6, 6.07) is -0.538. The van der Waals surface area contributed by atoms with Crippen molar-refractivity contribution in [2.45, 2.75) is 443 Å². The summed E-state index contributed by atoms with van der Waals surface area (Å²) in [4.78, 5) is 24.6. The first kappa shape index (κ1) is 81.3. The molecule has 0 rings (SSSR count). The number of hydrogen-bond donors (Lipinski definition) is 3. The minimum absolute atomic E-state index is 0.0128. The third kappa shape index (κ3) is 69.3. The average molecular weight is 1170 g/mol. The first-order valence-corrected chi connectivity index (χ1v) is 38.1. The van der Waals surface area contributed by atoms with E-state index in [0.29, 0.717) is 25.9 Å². The highest BCUT2D eigenvalue weighted by molar-refractivity contribution is 5.76. The Morgan fingerprint density at radius 2 is 0.566 bits per heavy atom. The Morgan fingerprint density at radius 1 is 0.325 bits per heavy atom. The molecule has 2 unspecified atom stereocenters. The van der Waals surface area contributed by atoms with Crippen molar-refractivity contribution in [3.05, 3.63) is 24.3 Å². The number of amides is 1. The Morgan fingerprint density at radius 3 is 0.867 bits per heavy atom. The monoisotopic (exact) mass is 1170 g/mol. The number of allylic oxidation sites excluding steroid dienone is 4. The van der Waals surface area contributed by atoms with Gasteiger partial charge in [-0.2, -0.15) is 0 Å². The van der Waals surface area contributed by atoms with Crippen LogP contribution in [0.5, 0.6) is 0 Å². The van der Waals surface area contributed by atoms with Gasteiger partial charge < -0.3 is 20.3 Å². The molecule has 6 nitrogen and oxygen atoms in total. The van der Waals surface area contributed by atoms with Gasteiger partial charge in [0.2, 0.25) is 5.91 Å². The molecule has 0 saturated carbocycles. The number of carbonyl (C=O) groups is 2. The number of esters is 1. The zero-order valence-electron chi connectivity index (χ0n) is 56.5. The maximum atomic E-state index is 12.5. The molecule has 0 aliphatic rings. The predicted octanol–water partition coefficient (Wildman–Crippen LogP) is 24.9. The lowest BCUT2D eigenvalue weighted by Crippen LogP contribution is -2.45. The average Bonchev–Trinajstić information content (AvgIpc) is 3.49. The maximum absolute atomic E-state index is 12.5. The Labute approximate surface area is 520 Å². The van der Waals surface area contributed by atoms with Crippen LogP contribution in [-0.4, -0.2) is 47.4 Å². The predicted molar refractivity (Wildman–Crippen MR) is 366 cm³/mol. The van der Waals surface area contributed by atoms with Crippen molar-refractivity contribution in [1.82, 2.24) is 5.32 Å². The number of rotatable bonds is 72. The Hall–Kier alpha value is -1.66. The molecule has 0 aromatic carbocycles. The number of aliphatic hydroxyl groups is 2. The summed E-state index contributed by atoms with van der Waals surface area (Å²) in [5.41, 5.74) is 0. The maximum Gasteiger partial charge on any atom is 0.305 e. The third-order valence-electron chi connectivity index (χ3n) is 18.0. The molecule has 492 valence electrons. The second kappa shape index (κ2) is 72.8. The van der Waals surface area contributed by atoms with Gasteiger partial charge in [0.25, 0.3) is 0 Å². The molecule has 3 N–H and O–H groups in total. The normalized spacial score (nSPS) is 12.6. The van der Waals surface area contributed by atoms with Gasteiger partial charge in [-0.25, -0.2) is 0 Å². The van der Waals surface area contributed by atoms with Crippen molar-refractivity contribution < 1.29 is 24.5 Å². The molecule has 0 aromatic heterocycles. The molecule has 0 aliphatic heterocycles. The highest BCUT2D eigenvalue weighted by Crippen LogP contribution is 2.19. The quantitative estimate of drug-likeness (QED) is 0.0320. The SMILES string of the molecule is CCCCCC/C=C\CCCCCCCC(=O)OCCCCCCCCCCCCCCCCCC/C=C\CCCCCCCCCCCCCCCCCCCC(=O)NC(CO)C(O)CCCCCCCCCCCCCCCCCC. The number of hydrogen-bond acceptors (Lipinski definition) is 5.